The molecule has 1 aliphatic heterocycles. The Labute approximate surface area is 149 Å². The molecule has 1 atom stereocenters. The minimum atomic E-state index is -0.0724. The van der Waals surface area contributed by atoms with Crippen LogP contribution < -0.4 is 10.6 Å². The molecule has 1 aliphatic carbocycles. The highest BCUT2D eigenvalue weighted by molar-refractivity contribution is 8.00. The van der Waals surface area contributed by atoms with Crippen LogP contribution in [0.4, 0.5) is 11.4 Å². The summed E-state index contributed by atoms with van der Waals surface area (Å²) in [7, 11) is 0. The number of carbonyl (C=O) groups excluding carboxylic acids is 2. The number of benzene rings is 1. The molecule has 0 bridgehead atoms. The summed E-state index contributed by atoms with van der Waals surface area (Å²) < 4.78 is 0. The zero-order valence-corrected chi connectivity index (χ0v) is 15.0. The van der Waals surface area contributed by atoms with E-state index in [9.17, 15) is 9.59 Å². The Bertz CT molecular complexity index is 828. The molecule has 2 amide bonds. The summed E-state index contributed by atoms with van der Waals surface area (Å²) >= 11 is 3.12. The number of aryl methyl sites for hydroxylation is 1. The third kappa shape index (κ3) is 3.08. The lowest BCUT2D eigenvalue weighted by Crippen LogP contribution is -2.19. The van der Waals surface area contributed by atoms with E-state index in [0.29, 0.717) is 17.4 Å². The zero-order valence-electron chi connectivity index (χ0n) is 13.3. The van der Waals surface area contributed by atoms with Gasteiger partial charge in [0.05, 0.1) is 16.3 Å². The molecule has 0 radical (unpaired) electrons. The van der Waals surface area contributed by atoms with Gasteiger partial charge >= 0.3 is 0 Å². The van der Waals surface area contributed by atoms with E-state index in [1.165, 1.54) is 28.6 Å². The van der Waals surface area contributed by atoms with Crippen LogP contribution in [0.25, 0.3) is 0 Å². The van der Waals surface area contributed by atoms with Gasteiger partial charge in [-0.3, -0.25) is 9.59 Å². The van der Waals surface area contributed by atoms with Crippen molar-refractivity contribution in [1.29, 1.82) is 0 Å². The molecule has 2 N–H and O–H groups in total. The number of anilines is 2. The first-order chi connectivity index (χ1) is 11.6. The van der Waals surface area contributed by atoms with Crippen LogP contribution in [0, 0.1) is 5.92 Å². The second-order valence-corrected chi connectivity index (χ2v) is 8.56. The van der Waals surface area contributed by atoms with Gasteiger partial charge in [-0.15, -0.1) is 23.1 Å². The Kier molecular flexibility index (Phi) is 4.10. The van der Waals surface area contributed by atoms with Crippen molar-refractivity contribution >= 4 is 46.3 Å². The summed E-state index contributed by atoms with van der Waals surface area (Å²) in [6.45, 7) is 2.26. The van der Waals surface area contributed by atoms with Crippen LogP contribution in [0.5, 0.6) is 0 Å². The predicted octanol–water partition coefficient (Wildman–Crippen LogP) is 4.17. The Hall–Kier alpha value is -1.79. The average molecular weight is 358 g/mol. The molecule has 1 aromatic carbocycles. The molecule has 2 heterocycles. The number of rotatable bonds is 2. The van der Waals surface area contributed by atoms with Gasteiger partial charge in [0.2, 0.25) is 5.91 Å². The summed E-state index contributed by atoms with van der Waals surface area (Å²) in [5.74, 6) is 1.07. The van der Waals surface area contributed by atoms with Crippen LogP contribution in [0.2, 0.25) is 0 Å². The molecule has 24 heavy (non-hydrogen) atoms. The molecule has 124 valence electrons. The van der Waals surface area contributed by atoms with Crippen molar-refractivity contribution in [1.82, 2.24) is 0 Å². The van der Waals surface area contributed by atoms with Gasteiger partial charge in [0.25, 0.3) is 5.91 Å². The molecular weight excluding hydrogens is 340 g/mol. The number of hydrogen-bond donors (Lipinski definition) is 2. The second-order valence-electron chi connectivity index (χ2n) is 6.41. The third-order valence-electron chi connectivity index (χ3n) is 4.42. The zero-order chi connectivity index (χ0) is 16.7. The van der Waals surface area contributed by atoms with Crippen molar-refractivity contribution in [3.8, 4) is 0 Å². The van der Waals surface area contributed by atoms with E-state index in [0.717, 1.165) is 28.3 Å². The highest BCUT2D eigenvalue weighted by Crippen LogP contribution is 2.35. The van der Waals surface area contributed by atoms with Gasteiger partial charge in [0, 0.05) is 15.5 Å². The van der Waals surface area contributed by atoms with Crippen molar-refractivity contribution in [2.24, 2.45) is 5.92 Å². The maximum absolute atomic E-state index is 12.6. The molecule has 4 nitrogen and oxygen atoms in total. The van der Waals surface area contributed by atoms with Crippen molar-refractivity contribution in [2.45, 2.75) is 31.1 Å². The predicted molar refractivity (Wildman–Crippen MR) is 99.3 cm³/mol. The summed E-state index contributed by atoms with van der Waals surface area (Å²) in [5, 5.41) is 5.80. The first kappa shape index (κ1) is 15.7. The molecule has 4 rings (SSSR count). The second kappa shape index (κ2) is 6.26. The topological polar surface area (TPSA) is 58.2 Å². The molecule has 0 spiro atoms. The van der Waals surface area contributed by atoms with Gasteiger partial charge in [-0.25, -0.2) is 0 Å². The maximum Gasteiger partial charge on any atom is 0.265 e. The smallest absolute Gasteiger partial charge is 0.265 e. The quantitative estimate of drug-likeness (QED) is 0.847. The molecule has 0 saturated carbocycles. The monoisotopic (exact) mass is 358 g/mol. The molecular formula is C18H18N2O2S2. The SMILES string of the molecule is CC1CCc2sc(C(=O)Nc3ccc4c(c3)NC(=O)CS4)cc2C1. The highest BCUT2D eigenvalue weighted by Gasteiger charge is 2.21. The summed E-state index contributed by atoms with van der Waals surface area (Å²) in [5.41, 5.74) is 2.81. The fourth-order valence-electron chi connectivity index (χ4n) is 3.17. The van der Waals surface area contributed by atoms with E-state index in [2.05, 4.69) is 17.6 Å². The minimum Gasteiger partial charge on any atom is -0.324 e. The minimum absolute atomic E-state index is 0.00368. The van der Waals surface area contributed by atoms with E-state index in [1.807, 2.05) is 24.3 Å². The van der Waals surface area contributed by atoms with Gasteiger partial charge in [0.15, 0.2) is 0 Å². The lowest BCUT2D eigenvalue weighted by Gasteiger charge is -2.17. The van der Waals surface area contributed by atoms with E-state index < -0.39 is 0 Å². The number of thiophene rings is 1. The molecule has 2 aromatic rings. The van der Waals surface area contributed by atoms with Gasteiger partial charge in [-0.1, -0.05) is 6.92 Å². The van der Waals surface area contributed by atoms with Crippen molar-refractivity contribution < 1.29 is 9.59 Å². The van der Waals surface area contributed by atoms with Crippen LogP contribution in [-0.2, 0) is 17.6 Å². The normalized spacial score (nSPS) is 19.2. The number of amides is 2. The van der Waals surface area contributed by atoms with Crippen LogP contribution in [0.3, 0.4) is 0 Å². The Morgan fingerprint density at radius 1 is 1.33 bits per heavy atom. The molecule has 0 saturated heterocycles. The van der Waals surface area contributed by atoms with E-state index >= 15 is 0 Å². The Morgan fingerprint density at radius 3 is 3.08 bits per heavy atom. The third-order valence-corrected chi connectivity index (χ3v) is 6.73. The number of carbonyl (C=O) groups is 2. The molecule has 0 fully saturated rings. The van der Waals surface area contributed by atoms with Crippen molar-refractivity contribution in [2.75, 3.05) is 16.4 Å². The largest absolute Gasteiger partial charge is 0.324 e. The van der Waals surface area contributed by atoms with Gasteiger partial charge in [-0.05, 0) is 55.0 Å². The fourth-order valence-corrected chi connectivity index (χ4v) is 5.06. The summed E-state index contributed by atoms with van der Waals surface area (Å²) in [6, 6.07) is 7.70. The summed E-state index contributed by atoms with van der Waals surface area (Å²) in [4.78, 5) is 27.2. The lowest BCUT2D eigenvalue weighted by atomic mass is 9.90. The van der Waals surface area contributed by atoms with E-state index in [1.54, 1.807) is 11.3 Å². The Morgan fingerprint density at radius 2 is 2.21 bits per heavy atom. The number of thioether (sulfide) groups is 1. The molecule has 1 unspecified atom stereocenters. The van der Waals surface area contributed by atoms with Crippen LogP contribution in [-0.4, -0.2) is 17.6 Å². The van der Waals surface area contributed by atoms with Gasteiger partial charge < -0.3 is 10.6 Å². The first-order valence-electron chi connectivity index (χ1n) is 8.08. The molecule has 1 aromatic heterocycles. The standard InChI is InChI=1S/C18H18N2O2S2/c1-10-2-4-14-11(6-10)7-16(24-14)18(22)19-12-3-5-15-13(8-12)20-17(21)9-23-15/h3,5,7-8,10H,2,4,6,9H2,1H3,(H,19,22)(H,20,21). The number of nitrogens with one attached hydrogen (secondary N) is 2. The van der Waals surface area contributed by atoms with Crippen LogP contribution in [0.1, 0.15) is 33.5 Å². The Balaban J connectivity index is 1.52. The maximum atomic E-state index is 12.6. The van der Waals surface area contributed by atoms with Crippen LogP contribution >= 0.6 is 23.1 Å². The van der Waals surface area contributed by atoms with E-state index in [-0.39, 0.29) is 11.8 Å². The fraction of sp³-hybridized carbons (Fsp3) is 0.333. The van der Waals surface area contributed by atoms with Crippen molar-refractivity contribution in [3.63, 3.8) is 0 Å². The van der Waals surface area contributed by atoms with Crippen LogP contribution in [0.15, 0.2) is 29.2 Å². The molecule has 6 heteroatoms. The summed E-state index contributed by atoms with van der Waals surface area (Å²) in [6.07, 6.45) is 3.36. The first-order valence-corrected chi connectivity index (χ1v) is 9.88. The average Bonchev–Trinajstić information content (AvgIpc) is 2.97. The lowest BCUT2D eigenvalue weighted by molar-refractivity contribution is -0.113. The number of hydrogen-bond acceptors (Lipinski definition) is 4. The van der Waals surface area contributed by atoms with E-state index in [4.69, 9.17) is 0 Å². The van der Waals surface area contributed by atoms with Crippen molar-refractivity contribution in [3.05, 3.63) is 39.6 Å². The molecule has 2 aliphatic rings. The highest BCUT2D eigenvalue weighted by atomic mass is 32.2. The van der Waals surface area contributed by atoms with Gasteiger partial charge in [-0.2, -0.15) is 0 Å². The van der Waals surface area contributed by atoms with Gasteiger partial charge in [0.1, 0.15) is 0 Å². The number of fused-ring (bicyclic) bond motifs is 2.